The molecule has 0 amide bonds. The maximum Gasteiger partial charge on any atom is 0.244 e. The van der Waals surface area contributed by atoms with Crippen LogP contribution in [0.1, 0.15) is 25.7 Å². The molecule has 1 atom stereocenters. The fourth-order valence-electron chi connectivity index (χ4n) is 2.42. The lowest BCUT2D eigenvalue weighted by Crippen LogP contribution is -2.35. The zero-order valence-corrected chi connectivity index (χ0v) is 11.5. The maximum absolute atomic E-state index is 12.5. The highest BCUT2D eigenvalue weighted by molar-refractivity contribution is 7.89. The van der Waals surface area contributed by atoms with Crippen molar-refractivity contribution in [1.82, 2.24) is 9.29 Å². The van der Waals surface area contributed by atoms with Gasteiger partial charge in [-0.25, -0.2) is 13.4 Å². The summed E-state index contributed by atoms with van der Waals surface area (Å²) in [5.41, 5.74) is 5.47. The number of nitrogens with zero attached hydrogens (tertiary/aromatic N) is 2. The first-order valence-electron chi connectivity index (χ1n) is 6.40. The molecule has 0 radical (unpaired) electrons. The number of rotatable bonds is 5. The summed E-state index contributed by atoms with van der Waals surface area (Å²) in [6.45, 7) is 0.622. The van der Waals surface area contributed by atoms with Crippen LogP contribution in [0.2, 0.25) is 0 Å². The molecule has 0 aliphatic carbocycles. The summed E-state index contributed by atoms with van der Waals surface area (Å²) < 4.78 is 26.5. The van der Waals surface area contributed by atoms with Gasteiger partial charge >= 0.3 is 0 Å². The first-order valence-corrected chi connectivity index (χ1v) is 7.84. The molecule has 0 saturated carbocycles. The van der Waals surface area contributed by atoms with E-state index in [-0.39, 0.29) is 17.5 Å². The van der Waals surface area contributed by atoms with Crippen LogP contribution in [0.15, 0.2) is 23.2 Å². The topological polar surface area (TPSA) is 96.5 Å². The van der Waals surface area contributed by atoms with Crippen LogP contribution in [0.4, 0.5) is 5.82 Å². The summed E-state index contributed by atoms with van der Waals surface area (Å²) in [7, 11) is -3.50. The Kier molecular flexibility index (Phi) is 4.38. The first-order chi connectivity index (χ1) is 9.05. The number of hydrogen-bond donors (Lipinski definition) is 2. The first kappa shape index (κ1) is 14.2. The van der Waals surface area contributed by atoms with E-state index in [9.17, 15) is 8.42 Å². The lowest BCUT2D eigenvalue weighted by Gasteiger charge is -2.23. The van der Waals surface area contributed by atoms with Gasteiger partial charge in [-0.1, -0.05) is 0 Å². The van der Waals surface area contributed by atoms with Crippen LogP contribution in [-0.2, 0) is 10.0 Å². The van der Waals surface area contributed by atoms with Gasteiger partial charge in [0.25, 0.3) is 0 Å². The average molecular weight is 285 g/mol. The van der Waals surface area contributed by atoms with E-state index in [2.05, 4.69) is 4.98 Å². The van der Waals surface area contributed by atoms with Gasteiger partial charge in [0, 0.05) is 25.4 Å². The zero-order valence-electron chi connectivity index (χ0n) is 10.7. The lowest BCUT2D eigenvalue weighted by molar-refractivity contribution is 0.264. The number of nitrogens with two attached hydrogens (primary N) is 1. The Morgan fingerprint density at radius 1 is 1.47 bits per heavy atom. The summed E-state index contributed by atoms with van der Waals surface area (Å²) in [5, 5.41) is 8.87. The van der Waals surface area contributed by atoms with Gasteiger partial charge in [-0.2, -0.15) is 4.31 Å². The van der Waals surface area contributed by atoms with Crippen LogP contribution >= 0.6 is 0 Å². The number of aliphatic hydroxyl groups excluding tert-OH is 1. The van der Waals surface area contributed by atoms with E-state index in [1.165, 1.54) is 22.6 Å². The number of anilines is 1. The molecule has 3 N–H and O–H groups in total. The largest absolute Gasteiger partial charge is 0.396 e. The molecule has 0 aromatic carbocycles. The van der Waals surface area contributed by atoms with Crippen molar-refractivity contribution in [3.63, 3.8) is 0 Å². The van der Waals surface area contributed by atoms with Crippen molar-refractivity contribution in [2.45, 2.75) is 36.6 Å². The number of hydrogen-bond acceptors (Lipinski definition) is 5. The molecule has 2 heterocycles. The molecule has 0 bridgehead atoms. The van der Waals surface area contributed by atoms with Gasteiger partial charge in [-0.3, -0.25) is 0 Å². The third kappa shape index (κ3) is 3.05. The summed E-state index contributed by atoms with van der Waals surface area (Å²) in [4.78, 5) is 4.01. The van der Waals surface area contributed by atoms with Crippen LogP contribution < -0.4 is 5.73 Å². The minimum atomic E-state index is -3.50. The SMILES string of the molecule is Nc1ccc(S(=O)(=O)N2CCCC2CCCO)cn1. The van der Waals surface area contributed by atoms with Gasteiger partial charge in [0.15, 0.2) is 0 Å². The molecule has 19 heavy (non-hydrogen) atoms. The summed E-state index contributed by atoms with van der Waals surface area (Å²) in [6.07, 6.45) is 4.32. The van der Waals surface area contributed by atoms with Crippen LogP contribution in [0, 0.1) is 0 Å². The van der Waals surface area contributed by atoms with Crippen molar-refractivity contribution in [3.05, 3.63) is 18.3 Å². The number of nitrogen functional groups attached to an aromatic ring is 1. The second kappa shape index (κ2) is 5.85. The normalized spacial score (nSPS) is 20.8. The number of pyridine rings is 1. The number of aromatic nitrogens is 1. The molecule has 1 unspecified atom stereocenters. The van der Waals surface area contributed by atoms with Crippen LogP contribution in [0.5, 0.6) is 0 Å². The Morgan fingerprint density at radius 3 is 2.89 bits per heavy atom. The fraction of sp³-hybridized carbons (Fsp3) is 0.583. The van der Waals surface area contributed by atoms with E-state index in [0.29, 0.717) is 25.2 Å². The van der Waals surface area contributed by atoms with Crippen LogP contribution in [-0.4, -0.2) is 42.0 Å². The van der Waals surface area contributed by atoms with Crippen molar-refractivity contribution < 1.29 is 13.5 Å². The Hall–Kier alpha value is -1.18. The Bertz CT molecular complexity index is 516. The molecule has 1 aliphatic heterocycles. The van der Waals surface area contributed by atoms with Gasteiger partial charge in [-0.15, -0.1) is 0 Å². The summed E-state index contributed by atoms with van der Waals surface area (Å²) >= 11 is 0. The van der Waals surface area contributed by atoms with Crippen molar-refractivity contribution in [3.8, 4) is 0 Å². The molecule has 6 nitrogen and oxygen atoms in total. The number of sulfonamides is 1. The van der Waals surface area contributed by atoms with Crippen molar-refractivity contribution >= 4 is 15.8 Å². The predicted octanol–water partition coefficient (Wildman–Crippen LogP) is 0.589. The van der Waals surface area contributed by atoms with Gasteiger partial charge in [0.2, 0.25) is 10.0 Å². The molecular weight excluding hydrogens is 266 g/mol. The highest BCUT2D eigenvalue weighted by atomic mass is 32.2. The summed E-state index contributed by atoms with van der Waals surface area (Å²) in [5.74, 6) is 0.303. The Balaban J connectivity index is 2.21. The molecule has 1 aliphatic rings. The van der Waals surface area contributed by atoms with E-state index in [0.717, 1.165) is 12.8 Å². The second-order valence-electron chi connectivity index (χ2n) is 4.70. The molecular formula is C12H19N3O3S. The standard InChI is InChI=1S/C12H19N3O3S/c13-12-6-5-11(9-14-12)19(17,18)15-7-1-3-10(15)4-2-8-16/h5-6,9-10,16H,1-4,7-8H2,(H2,13,14). The van der Waals surface area contributed by atoms with E-state index >= 15 is 0 Å². The minimum absolute atomic E-state index is 0.0188. The van der Waals surface area contributed by atoms with E-state index < -0.39 is 10.0 Å². The predicted molar refractivity (Wildman–Crippen MR) is 71.9 cm³/mol. The monoisotopic (exact) mass is 285 g/mol. The Labute approximate surface area is 113 Å². The Morgan fingerprint density at radius 2 is 2.26 bits per heavy atom. The number of aliphatic hydroxyl groups is 1. The molecule has 2 rings (SSSR count). The van der Waals surface area contributed by atoms with Gasteiger partial charge < -0.3 is 10.8 Å². The van der Waals surface area contributed by atoms with E-state index in [1.807, 2.05) is 0 Å². The van der Waals surface area contributed by atoms with Gasteiger partial charge in [0.1, 0.15) is 10.7 Å². The average Bonchev–Trinajstić information content (AvgIpc) is 2.86. The highest BCUT2D eigenvalue weighted by Gasteiger charge is 2.34. The minimum Gasteiger partial charge on any atom is -0.396 e. The summed E-state index contributed by atoms with van der Waals surface area (Å²) in [6, 6.07) is 2.96. The lowest BCUT2D eigenvalue weighted by atomic mass is 10.1. The molecule has 1 aromatic rings. The fourth-order valence-corrected chi connectivity index (χ4v) is 4.09. The van der Waals surface area contributed by atoms with E-state index in [1.54, 1.807) is 0 Å². The van der Waals surface area contributed by atoms with Crippen LogP contribution in [0.25, 0.3) is 0 Å². The van der Waals surface area contributed by atoms with Crippen molar-refractivity contribution in [1.29, 1.82) is 0 Å². The van der Waals surface area contributed by atoms with Crippen molar-refractivity contribution in [2.24, 2.45) is 0 Å². The molecule has 106 valence electrons. The van der Waals surface area contributed by atoms with E-state index in [4.69, 9.17) is 10.8 Å². The smallest absolute Gasteiger partial charge is 0.244 e. The second-order valence-corrected chi connectivity index (χ2v) is 6.59. The maximum atomic E-state index is 12.5. The molecule has 0 spiro atoms. The molecule has 1 saturated heterocycles. The van der Waals surface area contributed by atoms with Gasteiger partial charge in [-0.05, 0) is 37.8 Å². The molecule has 1 aromatic heterocycles. The molecule has 7 heteroatoms. The quantitative estimate of drug-likeness (QED) is 0.825. The van der Waals surface area contributed by atoms with Gasteiger partial charge in [0.05, 0.1) is 0 Å². The van der Waals surface area contributed by atoms with Crippen LogP contribution in [0.3, 0.4) is 0 Å². The third-order valence-corrected chi connectivity index (χ3v) is 5.32. The zero-order chi connectivity index (χ0) is 13.9. The van der Waals surface area contributed by atoms with Crippen molar-refractivity contribution in [2.75, 3.05) is 18.9 Å². The molecule has 1 fully saturated rings. The highest BCUT2D eigenvalue weighted by Crippen LogP contribution is 2.28. The third-order valence-electron chi connectivity index (χ3n) is 3.38.